The monoisotopic (exact) mass is 1830 g/mol. The zero-order valence-electron chi connectivity index (χ0n) is 61.9. The first-order valence-electron chi connectivity index (χ1n) is 31.5. The molecule has 1 aliphatic carbocycles. The fourth-order valence-corrected chi connectivity index (χ4v) is 8.10. The topological polar surface area (TPSA) is 955 Å². The van der Waals surface area contributed by atoms with E-state index in [0.717, 1.165) is 92.7 Å². The van der Waals surface area contributed by atoms with E-state index < -0.39 is 34.9 Å². The minimum Gasteiger partial charge on any atom is -0.303 e. The van der Waals surface area contributed by atoms with E-state index in [2.05, 4.69) is 320 Å². The first kappa shape index (κ1) is 149. The molecule has 0 saturated carbocycles. The largest absolute Gasteiger partial charge is 0.303 e. The minimum absolute atomic E-state index is 0. The highest BCUT2D eigenvalue weighted by Gasteiger charge is 2.25. The number of rotatable bonds is 34. The van der Waals surface area contributed by atoms with E-state index in [1.54, 1.807) is 23.1 Å². The number of nitrogens with two attached hydrogens (primary N) is 6. The Balaban J connectivity index is -0.0000000798. The summed E-state index contributed by atoms with van der Waals surface area (Å²) in [5.41, 5.74) is 45.0. The minimum atomic E-state index is -0.684. The molecule has 128 heavy (non-hydrogen) atoms. The Labute approximate surface area is 734 Å². The third-order valence-electron chi connectivity index (χ3n) is 11.9. The molecule has 4 aromatic carbocycles. The zero-order chi connectivity index (χ0) is 87.1. The Morgan fingerprint density at radius 2 is 0.562 bits per heavy atom. The number of halogens is 6. The highest BCUT2D eigenvalue weighted by Crippen LogP contribution is 2.34. The van der Waals surface area contributed by atoms with Crippen molar-refractivity contribution in [1.82, 2.24) is 0 Å². The van der Waals surface area contributed by atoms with Gasteiger partial charge < -0.3 is 35.1 Å². The molecule has 0 fully saturated rings. The molecule has 0 spiro atoms. The molecule has 1 unspecified atom stereocenters. The molecule has 0 amide bonds. The lowest BCUT2D eigenvalue weighted by molar-refractivity contribution is 0.400. The van der Waals surface area contributed by atoms with Gasteiger partial charge in [-0.05, 0) is 334 Å². The van der Waals surface area contributed by atoms with Gasteiger partial charge in [0.15, 0.2) is 34.9 Å². The summed E-state index contributed by atoms with van der Waals surface area (Å²) in [6.45, 7) is 14.0. The summed E-state index contributed by atoms with van der Waals surface area (Å²) in [5.74, 6) is 24.1. The van der Waals surface area contributed by atoms with Crippen molar-refractivity contribution in [2.24, 2.45) is 302 Å². The van der Waals surface area contributed by atoms with Gasteiger partial charge in [-0.2, -0.15) is 16.0 Å². The molecule has 716 valence electrons. The van der Waals surface area contributed by atoms with Crippen molar-refractivity contribution < 1.29 is 26.3 Å². The van der Waals surface area contributed by atoms with Crippen molar-refractivity contribution in [2.75, 3.05) is 0 Å². The van der Waals surface area contributed by atoms with Gasteiger partial charge >= 0.3 is 0 Å². The van der Waals surface area contributed by atoms with Gasteiger partial charge in [-0.1, -0.05) is 243 Å². The predicted octanol–water partition coefficient (Wildman–Crippen LogP) is 29.9. The van der Waals surface area contributed by atoms with Gasteiger partial charge in [-0.25, -0.2) is 26.3 Å². The number of aryl methyl sites for hydroxylation is 7. The number of benzene rings is 4. The van der Waals surface area contributed by atoms with E-state index in [1.807, 2.05) is 52.8 Å². The summed E-state index contributed by atoms with van der Waals surface area (Å²) in [4.78, 5) is 6.01. The molecule has 0 aromatic heterocycles. The van der Waals surface area contributed by atoms with Crippen molar-refractivity contribution in [2.45, 2.75) is 234 Å². The summed E-state index contributed by atoms with van der Waals surface area (Å²) < 4.78 is 83.1. The van der Waals surface area contributed by atoms with Crippen LogP contribution < -0.4 is 35.1 Å². The maximum atomic E-state index is 14.3. The van der Waals surface area contributed by atoms with Crippen LogP contribution in [0, 0.1) is 64.3 Å². The van der Waals surface area contributed by atoms with Crippen LogP contribution in [-0.2, 0) is 44.9 Å². The SMILES string of the molecule is C.C.C.C.C.C.C.C.C.C.C.C.CCCc1cc2c(c(F)c1F)CC(CCC)CC2.CCCc1cc2ccc(CCC)c(C)c2c(F)c1F.CCCc1ccc(CCC)c(F)c1F.N/N=N/N=N/N=N/N=N/N=N/N.N/N=N/N=N/N=N/N=N/N=N/N.N=N/N=N/N=N/N=N/N=N/N.N=N/N=N/N=N/N=N/N=N/N=N/N=N/N=N/N=N/N=N/N.[N-]=[N+]=N.[N-]=[N+]=NN=[N+]=[N-]. The molecule has 0 saturated heterocycles. The van der Waals surface area contributed by atoms with Gasteiger partial charge in [0.1, 0.15) is 0 Å². The van der Waals surface area contributed by atoms with Crippen molar-refractivity contribution in [1.29, 1.82) is 16.6 Å². The van der Waals surface area contributed by atoms with Crippen LogP contribution >= 0.6 is 0 Å². The van der Waals surface area contributed by atoms with Crippen molar-refractivity contribution in [3.8, 4) is 0 Å². The van der Waals surface area contributed by atoms with Crippen LogP contribution in [0.2, 0.25) is 0 Å². The molecular formula is C57H121F6N65. The summed E-state index contributed by atoms with van der Waals surface area (Å²) in [6, 6.07) is 11.0. The summed E-state index contributed by atoms with van der Waals surface area (Å²) in [6.07, 6.45) is 12.7. The van der Waals surface area contributed by atoms with Crippen LogP contribution in [0.1, 0.15) is 227 Å². The summed E-state index contributed by atoms with van der Waals surface area (Å²) in [7, 11) is 0. The molecule has 71 heteroatoms. The second kappa shape index (κ2) is 112. The number of hydrogen-bond donors (Lipinski definition) is 9. The highest BCUT2D eigenvalue weighted by atomic mass is 19.2. The number of fused-ring (bicyclic) bond motifs is 2. The molecule has 0 radical (unpaired) electrons. The molecular weight excluding hydrogens is 1710 g/mol. The molecule has 4 aromatic rings. The third kappa shape index (κ3) is 79.2. The van der Waals surface area contributed by atoms with E-state index in [4.69, 9.17) is 33.2 Å². The van der Waals surface area contributed by atoms with Gasteiger partial charge in [-0.3, -0.25) is 0 Å². The van der Waals surface area contributed by atoms with Crippen molar-refractivity contribution in [3.63, 3.8) is 0 Å². The molecule has 0 heterocycles. The van der Waals surface area contributed by atoms with Crippen LogP contribution in [0.3, 0.4) is 0 Å². The number of hydrogen-bond acceptors (Lipinski definition) is 9. The smallest absolute Gasteiger partial charge is 0.280 e. The second-order valence-electron chi connectivity index (χ2n) is 19.0. The van der Waals surface area contributed by atoms with E-state index in [1.165, 1.54) is 0 Å². The number of azide groups is 2. The Kier molecular flexibility index (Phi) is 131. The first-order valence-corrected chi connectivity index (χ1v) is 31.5. The van der Waals surface area contributed by atoms with E-state index in [-0.39, 0.29) is 89.1 Å². The van der Waals surface area contributed by atoms with Gasteiger partial charge in [0.25, 0.3) is 5.22 Å². The van der Waals surface area contributed by atoms with E-state index in [0.29, 0.717) is 64.8 Å². The lowest BCUT2D eigenvalue weighted by Gasteiger charge is -2.25. The van der Waals surface area contributed by atoms with Gasteiger partial charge in [0.2, 0.25) is 0 Å². The van der Waals surface area contributed by atoms with Crippen LogP contribution in [0.4, 0.5) is 26.3 Å². The average Bonchev–Trinajstić information content (AvgIpc) is 0.773. The number of nitrogens with one attached hydrogen (secondary N) is 3. The maximum Gasteiger partial charge on any atom is 0.280 e. The lowest BCUT2D eigenvalue weighted by atomic mass is 9.80. The molecule has 1 aliphatic rings. The van der Waals surface area contributed by atoms with Gasteiger partial charge in [-0.15, -0.1) is 11.1 Å². The Morgan fingerprint density at radius 1 is 0.328 bits per heavy atom. The zero-order valence-corrected chi connectivity index (χ0v) is 61.9. The molecule has 0 aliphatic heterocycles. The summed E-state index contributed by atoms with van der Waals surface area (Å²) >= 11 is 0. The molecule has 65 nitrogen and oxygen atoms in total. The van der Waals surface area contributed by atoms with Crippen LogP contribution in [0.15, 0.2) is 298 Å². The summed E-state index contributed by atoms with van der Waals surface area (Å²) in [5, 5.41) is 145. The standard InChI is InChI=1S/C17H20F2.C16H22F2.C12H16F2.12CH4.H3N21.2H4N12.H3N11.N6.HN3/c1-4-6-12-8-9-13-10-14(7-5-2)16(18)17(19)15(13)11(12)3;1-3-5-11-7-8-12-10-13(6-4-2)15(17)16(18)14(12)9-11;1-3-5-9-7-8-10(6-4-2)12(14)11(9)13;;;;;;;;;;;;;1-3-5-7-9-11-13-15-17-19-21-20-18-16-14-12-10-8-6-4-2;2*1-3-5-7-9-11-12-10-8-6-4-2;1-3-5-7-9-11-10-8-6-4-2;1-3-5-6-4-2;1-3-2/h8-10H,4-7H2,1-3H3;10-11H,3-9H2,1-2H3;7-8H,3-6H2,1-2H3;12*1H4;(H3,1,2,5,6,9,10,13,14,17,18,21);2*(H2,1,4,5,8,9,12)(H2,2,3,6,7,10,11);(H3,1,2,5,6,9,10);;1H. The first-order chi connectivity index (χ1) is 56.5. The molecule has 5 rings (SSSR count). The van der Waals surface area contributed by atoms with Gasteiger partial charge in [0, 0.05) is 26.0 Å². The molecule has 15 N–H and O–H groups in total. The lowest BCUT2D eigenvalue weighted by Crippen LogP contribution is -2.17. The highest BCUT2D eigenvalue weighted by molar-refractivity contribution is 5.88. The van der Waals surface area contributed by atoms with Crippen molar-refractivity contribution >= 4 is 10.8 Å². The maximum absolute atomic E-state index is 14.3. The van der Waals surface area contributed by atoms with E-state index >= 15 is 0 Å². The third-order valence-corrected chi connectivity index (χ3v) is 11.9. The number of nitrogens with zero attached hydrogens (tertiary/aromatic N) is 56. The van der Waals surface area contributed by atoms with E-state index in [9.17, 15) is 26.3 Å². The Morgan fingerprint density at radius 3 is 0.820 bits per heavy atom. The molecule has 1 atom stereocenters. The average molecular weight is 1830 g/mol. The second-order valence-corrected chi connectivity index (χ2v) is 19.0. The van der Waals surface area contributed by atoms with Crippen LogP contribution in [0.25, 0.3) is 42.1 Å². The van der Waals surface area contributed by atoms with Crippen molar-refractivity contribution in [3.05, 3.63) is 147 Å². The quantitative estimate of drug-likeness (QED) is 0.00546. The van der Waals surface area contributed by atoms with Gasteiger partial charge in [0.05, 0.1) is 5.22 Å². The molecule has 0 bridgehead atoms. The van der Waals surface area contributed by atoms with Crippen LogP contribution in [-0.4, -0.2) is 0 Å². The fraction of sp³-hybridized carbons (Fsp3) is 0.614. The predicted molar refractivity (Wildman–Crippen MR) is 457 cm³/mol. The Bertz CT molecular complexity index is 4170. The van der Waals surface area contributed by atoms with Crippen LogP contribution in [0.5, 0.6) is 0 Å². The Hall–Kier alpha value is -16.5. The normalized spacial score (nSPS) is 11.7. The fourth-order valence-electron chi connectivity index (χ4n) is 8.10.